The van der Waals surface area contributed by atoms with Crippen LogP contribution in [0.25, 0.3) is 10.9 Å². The lowest BCUT2D eigenvalue weighted by Crippen LogP contribution is -2.34. The highest BCUT2D eigenvalue weighted by molar-refractivity contribution is 5.88. The van der Waals surface area contributed by atoms with Gasteiger partial charge in [-0.1, -0.05) is 26.0 Å². The lowest BCUT2D eigenvalue weighted by Gasteiger charge is -2.17. The van der Waals surface area contributed by atoms with Crippen LogP contribution >= 0.6 is 0 Å². The van der Waals surface area contributed by atoms with Gasteiger partial charge in [0.15, 0.2) is 0 Å². The van der Waals surface area contributed by atoms with Gasteiger partial charge in [0.25, 0.3) is 0 Å². The number of aromatic nitrogens is 1. The molecular weight excluding hydrogens is 276 g/mol. The molecule has 22 heavy (non-hydrogen) atoms. The first kappa shape index (κ1) is 18.5. The van der Waals surface area contributed by atoms with Gasteiger partial charge in [-0.3, -0.25) is 10.9 Å². The molecule has 0 unspecified atom stereocenters. The fourth-order valence-corrected chi connectivity index (χ4v) is 2.28. The minimum atomic E-state index is -0.220. The van der Waals surface area contributed by atoms with Gasteiger partial charge in [-0.2, -0.15) is 0 Å². The zero-order valence-electron chi connectivity index (χ0n) is 14.4. The van der Waals surface area contributed by atoms with Gasteiger partial charge in [0, 0.05) is 23.7 Å². The van der Waals surface area contributed by atoms with E-state index in [0.717, 1.165) is 24.2 Å². The number of rotatable bonds is 7. The molecule has 0 aliphatic carbocycles. The molecule has 0 atom stereocenters. The minimum absolute atomic E-state index is 0.220. The van der Waals surface area contributed by atoms with Crippen molar-refractivity contribution in [1.29, 1.82) is 0 Å². The first-order valence-corrected chi connectivity index (χ1v) is 7.91. The maximum atomic E-state index is 6.11. The maximum Gasteiger partial charge on any atom is 0.143 e. The predicted molar refractivity (Wildman–Crippen MR) is 94.2 cm³/mol. The summed E-state index contributed by atoms with van der Waals surface area (Å²) in [4.78, 5) is 3.30. The van der Waals surface area contributed by atoms with Gasteiger partial charge in [0.05, 0.1) is 5.52 Å². The number of nitrogens with one attached hydrogen (secondary N) is 3. The van der Waals surface area contributed by atoms with E-state index in [2.05, 4.69) is 21.9 Å². The van der Waals surface area contributed by atoms with Crippen LogP contribution in [0.3, 0.4) is 0 Å². The van der Waals surface area contributed by atoms with Gasteiger partial charge in [-0.15, -0.1) is 0 Å². The second kappa shape index (κ2) is 8.78. The number of para-hydroxylation sites is 1. The number of H-pyrrole nitrogens is 1. The molecule has 0 bridgehead atoms. The van der Waals surface area contributed by atoms with E-state index < -0.39 is 0 Å². The summed E-state index contributed by atoms with van der Waals surface area (Å²) < 4.78 is 5.80. The summed E-state index contributed by atoms with van der Waals surface area (Å²) in [6.45, 7) is 9.43. The fourth-order valence-electron chi connectivity index (χ4n) is 2.28. The summed E-state index contributed by atoms with van der Waals surface area (Å²) in [7, 11) is 1.84. The Labute approximate surface area is 133 Å². The highest BCUT2D eigenvalue weighted by Gasteiger charge is 2.16. The molecule has 0 saturated carbocycles. The summed E-state index contributed by atoms with van der Waals surface area (Å²) in [5, 5.41) is 1.18. The van der Waals surface area contributed by atoms with Crippen molar-refractivity contribution in [3.63, 3.8) is 0 Å². The van der Waals surface area contributed by atoms with Crippen LogP contribution in [0.5, 0.6) is 5.75 Å². The molecule has 5 nitrogen and oxygen atoms in total. The van der Waals surface area contributed by atoms with Gasteiger partial charge >= 0.3 is 0 Å². The number of nitrogens with two attached hydrogens (primary N) is 1. The van der Waals surface area contributed by atoms with Crippen molar-refractivity contribution in [3.8, 4) is 5.75 Å². The van der Waals surface area contributed by atoms with Crippen LogP contribution in [0, 0.1) is 0 Å². The van der Waals surface area contributed by atoms with E-state index >= 15 is 0 Å². The monoisotopic (exact) mass is 306 g/mol. The predicted octanol–water partition coefficient (Wildman–Crippen LogP) is 2.58. The molecule has 124 valence electrons. The molecule has 5 heteroatoms. The molecule has 1 aromatic heterocycles. The average molecular weight is 306 g/mol. The Morgan fingerprint density at radius 2 is 2.00 bits per heavy atom. The van der Waals surface area contributed by atoms with Crippen molar-refractivity contribution in [2.75, 3.05) is 20.2 Å². The molecule has 0 radical (unpaired) electrons. The van der Waals surface area contributed by atoms with Crippen molar-refractivity contribution < 1.29 is 4.74 Å². The Bertz CT molecular complexity index is 557. The third-order valence-corrected chi connectivity index (χ3v) is 3.07. The van der Waals surface area contributed by atoms with Crippen LogP contribution < -0.4 is 21.3 Å². The van der Waals surface area contributed by atoms with Crippen LogP contribution in [0.4, 0.5) is 0 Å². The van der Waals surface area contributed by atoms with Crippen molar-refractivity contribution in [3.05, 3.63) is 30.0 Å². The van der Waals surface area contributed by atoms with Crippen LogP contribution in [-0.2, 0) is 6.42 Å². The topological polar surface area (TPSA) is 75.1 Å². The van der Waals surface area contributed by atoms with Crippen LogP contribution in [0.1, 0.15) is 33.3 Å². The fraction of sp³-hybridized carbons (Fsp3) is 0.529. The van der Waals surface area contributed by atoms with E-state index in [4.69, 9.17) is 10.5 Å². The number of benzene rings is 1. The zero-order chi connectivity index (χ0) is 16.6. The van der Waals surface area contributed by atoms with E-state index in [1.807, 2.05) is 53.1 Å². The Kier molecular flexibility index (Phi) is 7.38. The van der Waals surface area contributed by atoms with Crippen molar-refractivity contribution in [2.24, 2.45) is 5.73 Å². The third-order valence-electron chi connectivity index (χ3n) is 3.07. The number of fused-ring (bicyclic) bond motifs is 1. The Balaban J connectivity index is 0.00000116. The third kappa shape index (κ3) is 5.33. The molecule has 0 spiro atoms. The van der Waals surface area contributed by atoms with Gasteiger partial charge in [-0.05, 0) is 38.9 Å². The summed E-state index contributed by atoms with van der Waals surface area (Å²) >= 11 is 0. The largest absolute Gasteiger partial charge is 0.490 e. The normalized spacial score (nSPS) is 11.2. The molecule has 0 aliphatic rings. The van der Waals surface area contributed by atoms with E-state index in [9.17, 15) is 0 Å². The van der Waals surface area contributed by atoms with E-state index in [0.29, 0.717) is 6.61 Å². The van der Waals surface area contributed by atoms with Gasteiger partial charge < -0.3 is 15.5 Å². The molecule has 1 heterocycles. The Morgan fingerprint density at radius 1 is 1.27 bits per heavy atom. The van der Waals surface area contributed by atoms with Crippen molar-refractivity contribution in [1.82, 2.24) is 15.8 Å². The SMILES string of the molecule is CC.CNNCCOc1cccc2c(CC(C)(C)N)c[nH]c12. The number of hydrogen-bond acceptors (Lipinski definition) is 4. The maximum absolute atomic E-state index is 6.11. The number of hydrogen-bond donors (Lipinski definition) is 4. The lowest BCUT2D eigenvalue weighted by atomic mass is 9.96. The number of aromatic amines is 1. The zero-order valence-corrected chi connectivity index (χ0v) is 14.4. The highest BCUT2D eigenvalue weighted by Crippen LogP contribution is 2.28. The Hall–Kier alpha value is -1.56. The minimum Gasteiger partial charge on any atom is -0.490 e. The number of hydrazine groups is 1. The second-order valence-electron chi connectivity index (χ2n) is 5.68. The van der Waals surface area contributed by atoms with Crippen LogP contribution in [0.15, 0.2) is 24.4 Å². The summed E-state index contributed by atoms with van der Waals surface area (Å²) in [5.41, 5.74) is 14.0. The van der Waals surface area contributed by atoms with E-state index in [1.165, 1.54) is 10.9 Å². The van der Waals surface area contributed by atoms with Gasteiger partial charge in [0.1, 0.15) is 12.4 Å². The first-order valence-electron chi connectivity index (χ1n) is 7.91. The van der Waals surface area contributed by atoms with Crippen LogP contribution in [0.2, 0.25) is 0 Å². The highest BCUT2D eigenvalue weighted by atomic mass is 16.5. The molecule has 5 N–H and O–H groups in total. The van der Waals surface area contributed by atoms with Crippen molar-refractivity contribution in [2.45, 2.75) is 39.7 Å². The quantitative estimate of drug-likeness (QED) is 0.468. The molecule has 2 rings (SSSR count). The van der Waals surface area contributed by atoms with Gasteiger partial charge in [0.2, 0.25) is 0 Å². The molecule has 0 saturated heterocycles. The summed E-state index contributed by atoms with van der Waals surface area (Å²) in [6, 6.07) is 6.10. The molecule has 1 aromatic carbocycles. The average Bonchev–Trinajstić information content (AvgIpc) is 2.88. The summed E-state index contributed by atoms with van der Waals surface area (Å²) in [5.74, 6) is 0.876. The number of ether oxygens (including phenoxy) is 1. The first-order chi connectivity index (χ1) is 10.5. The van der Waals surface area contributed by atoms with Gasteiger partial charge in [-0.25, -0.2) is 0 Å². The smallest absolute Gasteiger partial charge is 0.143 e. The molecule has 0 fully saturated rings. The summed E-state index contributed by atoms with van der Waals surface area (Å²) in [6.07, 6.45) is 2.86. The molecule has 0 amide bonds. The van der Waals surface area contributed by atoms with E-state index in [-0.39, 0.29) is 5.54 Å². The molecule has 2 aromatic rings. The molecular formula is C17H30N4O. The Morgan fingerprint density at radius 3 is 2.64 bits per heavy atom. The lowest BCUT2D eigenvalue weighted by molar-refractivity contribution is 0.310. The second-order valence-corrected chi connectivity index (χ2v) is 5.68. The molecule has 0 aliphatic heterocycles. The van der Waals surface area contributed by atoms with Crippen molar-refractivity contribution >= 4 is 10.9 Å². The standard InChI is InChI=1S/C15H24N4O.C2H6/c1-15(2,16)9-11-10-18-14-12(11)5-4-6-13(14)20-8-7-19-17-3;1-2/h4-6,10,17-19H,7-9,16H2,1-3H3;1-2H3. The van der Waals surface area contributed by atoms with Crippen LogP contribution in [-0.4, -0.2) is 30.7 Å². The van der Waals surface area contributed by atoms with E-state index in [1.54, 1.807) is 0 Å².